The average Bonchev–Trinajstić information content (AvgIpc) is 1.76. The second-order valence-corrected chi connectivity index (χ2v) is 34.7. The number of aliphatic hydroxyl groups excluding tert-OH is 1. The Kier molecular flexibility index (Phi) is 38.6. The zero-order valence-electron chi connectivity index (χ0n) is 63.0. The third-order valence-electron chi connectivity index (χ3n) is 20.5. The monoisotopic (exact) mass is 1620 g/mol. The van der Waals surface area contributed by atoms with Gasteiger partial charge in [-0.05, 0) is 220 Å². The summed E-state index contributed by atoms with van der Waals surface area (Å²) in [5.41, 5.74) is 5.82. The number of halogens is 6. The predicted octanol–water partition coefficient (Wildman–Crippen LogP) is 13.1. The number of anilines is 1. The zero-order valence-corrected chi connectivity index (χ0v) is 67.6. The van der Waals surface area contributed by atoms with E-state index in [-0.39, 0.29) is 16.7 Å². The zero-order chi connectivity index (χ0) is 77.7. The number of carbonyl (C=O) groups is 1. The van der Waals surface area contributed by atoms with Gasteiger partial charge in [-0.25, -0.2) is 0 Å². The Hall–Kier alpha value is -5.02. The molecule has 0 bridgehead atoms. The molecule has 25 heteroatoms. The van der Waals surface area contributed by atoms with Crippen molar-refractivity contribution >= 4 is 90.8 Å². The molecule has 0 spiro atoms. The van der Waals surface area contributed by atoms with Crippen molar-refractivity contribution in [1.82, 2.24) is 47.9 Å². The first kappa shape index (κ1) is 89.5. The number of β-amino-alcohol motifs (C(OH)–C–C–N with tert-alkyl or cyclic N) is 4. The van der Waals surface area contributed by atoms with Gasteiger partial charge in [0.25, 0.3) is 0 Å². The molecule has 14 N–H and O–H groups in total. The van der Waals surface area contributed by atoms with Crippen LogP contribution in [-0.2, 0) is 44.7 Å². The molecule has 1 aromatic heterocycles. The number of alkyl halides is 5. The van der Waals surface area contributed by atoms with Crippen LogP contribution in [0.4, 0.5) is 9.57 Å². The van der Waals surface area contributed by atoms with Crippen LogP contribution in [0.25, 0.3) is 11.0 Å². The van der Waals surface area contributed by atoms with Gasteiger partial charge in [0.05, 0.1) is 17.0 Å². The maximum Gasteiger partial charge on any atom is 0.332 e. The van der Waals surface area contributed by atoms with E-state index in [1.807, 2.05) is 103 Å². The molecule has 0 saturated carbocycles. The fraction of sp³-hybridized carbons (Fsp3) is 0.536. The minimum absolute atomic E-state index is 0.0689. The molecule has 0 aliphatic carbocycles. The van der Waals surface area contributed by atoms with E-state index in [9.17, 15) is 32.4 Å². The van der Waals surface area contributed by atoms with Crippen LogP contribution >= 0.6 is 58.0 Å². The summed E-state index contributed by atoms with van der Waals surface area (Å²) < 4.78 is 38.7. The lowest BCUT2D eigenvalue weighted by atomic mass is 9.87. The number of hydrogen-bond acceptors (Lipinski definition) is 17. The number of aryl methyl sites for hydroxylation is 1. The molecule has 1 amide bonds. The lowest BCUT2D eigenvalue weighted by molar-refractivity contribution is -0.125. The Morgan fingerprint density at radius 1 is 0.514 bits per heavy atom. The second-order valence-electron chi connectivity index (χ2n) is 29.5. The molecule has 6 atom stereocenters. The number of amides is 1. The van der Waals surface area contributed by atoms with E-state index in [1.165, 1.54) is 73.7 Å². The van der Waals surface area contributed by atoms with Crippen molar-refractivity contribution in [2.45, 2.75) is 170 Å². The molecule has 16 rings (SSSR count). The molecule has 10 heterocycles. The summed E-state index contributed by atoms with van der Waals surface area (Å²) in [5, 5.41) is 73.3. The van der Waals surface area contributed by atoms with Crippen LogP contribution < -0.4 is 53.2 Å². The highest BCUT2D eigenvalue weighted by Gasteiger charge is 2.34. The minimum Gasteiger partial charge on any atom is -0.459 e. The number of rotatable bonds is 9. The molecule has 8 saturated heterocycles. The predicted molar refractivity (Wildman–Crippen MR) is 445 cm³/mol. The number of furan rings is 1. The lowest BCUT2D eigenvalue weighted by Crippen LogP contribution is -2.45. The van der Waals surface area contributed by atoms with Crippen LogP contribution in [0.2, 0.25) is 0 Å². The molecule has 8 fully saturated rings. The Bertz CT molecular complexity index is 3560. The summed E-state index contributed by atoms with van der Waals surface area (Å²) in [6.45, 7) is 14.7. The average molecular weight is 1620 g/mol. The van der Waals surface area contributed by atoms with E-state index in [0.29, 0.717) is 63.5 Å². The van der Waals surface area contributed by atoms with E-state index >= 15 is 0 Å². The maximum absolute atomic E-state index is 12.7. The molecule has 18 nitrogen and oxygen atoms in total. The Balaban J connectivity index is 0.000000157. The van der Waals surface area contributed by atoms with Crippen molar-refractivity contribution < 1.29 is 41.9 Å². The quantitative estimate of drug-likeness (QED) is 0.0473. The van der Waals surface area contributed by atoms with E-state index in [0.717, 1.165) is 170 Å². The van der Waals surface area contributed by atoms with Gasteiger partial charge in [-0.1, -0.05) is 146 Å². The summed E-state index contributed by atoms with van der Waals surface area (Å²) in [6.07, 6.45) is 18.8. The molecule has 109 heavy (non-hydrogen) atoms. The van der Waals surface area contributed by atoms with Crippen molar-refractivity contribution in [2.75, 3.05) is 117 Å². The van der Waals surface area contributed by atoms with Crippen molar-refractivity contribution in [3.05, 3.63) is 203 Å². The van der Waals surface area contributed by atoms with Gasteiger partial charge in [0, 0.05) is 87.7 Å². The fourth-order valence-corrected chi connectivity index (χ4v) is 16.0. The molecule has 4 unspecified atom stereocenters. The van der Waals surface area contributed by atoms with Gasteiger partial charge in [0.15, 0.2) is 0 Å². The number of benzene rings is 6. The van der Waals surface area contributed by atoms with Crippen molar-refractivity contribution in [1.29, 1.82) is 0 Å². The number of aliphatic hydroxyl groups is 4. The summed E-state index contributed by atoms with van der Waals surface area (Å²) in [5.74, 6) is 1.24. The molecular weight excluding hydrogens is 1510 g/mol. The summed E-state index contributed by atoms with van der Waals surface area (Å²) in [7, 11) is -4.64. The van der Waals surface area contributed by atoms with Gasteiger partial charge < -0.3 is 78.0 Å². The number of fused-ring (bicyclic) bond motifs is 2. The molecule has 600 valence electrons. The van der Waals surface area contributed by atoms with Gasteiger partial charge in [0.1, 0.15) is 36.8 Å². The van der Waals surface area contributed by atoms with Crippen LogP contribution in [0, 0.1) is 5.92 Å². The van der Waals surface area contributed by atoms with Crippen LogP contribution in [0.5, 0.6) is 0 Å². The first-order valence-electron chi connectivity index (χ1n) is 39.2. The second kappa shape index (κ2) is 47.0. The first-order chi connectivity index (χ1) is 52.5. The van der Waals surface area contributed by atoms with Gasteiger partial charge in [-0.15, -0.1) is 61.9 Å². The molecule has 7 aromatic rings. The molecule has 9 aliphatic heterocycles. The first-order valence-corrected chi connectivity index (χ1v) is 42.6. The fourth-order valence-electron chi connectivity index (χ4n) is 14.3. The van der Waals surface area contributed by atoms with E-state index in [2.05, 4.69) is 95.6 Å². The SMILES string of the molecule is ClC1(Cl)CCCNC1.ClC1CCCNC1.O=C(NCCc1ccc(S(=O)(=O)F)cc1)C1CCNCC1.OC1(c2ccccc2)CCCNC1.OC1CNCC(Cl)(Cl)C1.O[C@@]1(c2ccccc2)CCCNC1.O[C@]1(c2ccccc2)CCCNC1.c1ccc2c(c1)CCCN2.c1ccc2oc(C3CCCCN3)cc2c1. The van der Waals surface area contributed by atoms with Crippen molar-refractivity contribution in [3.8, 4) is 0 Å². The highest BCUT2D eigenvalue weighted by atomic mass is 35.5. The van der Waals surface area contributed by atoms with E-state index in [4.69, 9.17) is 67.5 Å². The highest BCUT2D eigenvalue weighted by Crippen LogP contribution is 2.33. The van der Waals surface area contributed by atoms with Gasteiger partial charge in [-0.2, -0.15) is 8.42 Å². The van der Waals surface area contributed by atoms with E-state index in [1.54, 1.807) is 12.1 Å². The lowest BCUT2D eigenvalue weighted by Gasteiger charge is -2.33. The summed E-state index contributed by atoms with van der Waals surface area (Å²) in [4.78, 5) is 11.6. The number of nitrogens with one attached hydrogen (secondary N) is 10. The summed E-state index contributed by atoms with van der Waals surface area (Å²) >= 11 is 28.7. The third-order valence-corrected chi connectivity index (χ3v) is 22.9. The van der Waals surface area contributed by atoms with Crippen molar-refractivity contribution in [3.63, 3.8) is 0 Å². The van der Waals surface area contributed by atoms with Gasteiger partial charge >= 0.3 is 10.2 Å². The largest absolute Gasteiger partial charge is 0.459 e. The molecular formula is C84H118Cl5FN10O8S. The van der Waals surface area contributed by atoms with Crippen molar-refractivity contribution in [2.24, 2.45) is 5.92 Å². The van der Waals surface area contributed by atoms with Crippen LogP contribution in [-0.4, -0.2) is 166 Å². The van der Waals surface area contributed by atoms with E-state index < -0.39 is 41.8 Å². The number of hydrogen-bond donors (Lipinski definition) is 14. The Morgan fingerprint density at radius 3 is 1.47 bits per heavy atom. The third kappa shape index (κ3) is 32.4. The summed E-state index contributed by atoms with van der Waals surface area (Å²) in [6, 6.07) is 54.6. The Labute approximate surface area is 671 Å². The van der Waals surface area contributed by atoms with Crippen LogP contribution in [0.15, 0.2) is 179 Å². The maximum atomic E-state index is 12.7. The Morgan fingerprint density at radius 2 is 1.04 bits per heavy atom. The highest BCUT2D eigenvalue weighted by molar-refractivity contribution is 7.86. The topological polar surface area (TPSA) is 266 Å². The number of para-hydroxylation sites is 2. The van der Waals surface area contributed by atoms with Crippen LogP contribution in [0.3, 0.4) is 0 Å². The molecule has 0 radical (unpaired) electrons. The molecule has 9 aliphatic rings. The smallest absolute Gasteiger partial charge is 0.332 e. The van der Waals surface area contributed by atoms with Crippen LogP contribution in [0.1, 0.15) is 149 Å². The van der Waals surface area contributed by atoms with Gasteiger partial charge in [-0.3, -0.25) is 4.79 Å². The standard InChI is InChI=1S/C14H19FN2O3S.C13H15NO.3C11H15NO.C9H11N.C5H9Cl2NO.C5H9Cl2N.C5H10ClN/c15-21(19,20)13-3-1-11(2-4-13)5-10-17-14(18)12-6-8-16-9-7-12;1-2-7-12-10(5-1)9-13(15-12)11-6-3-4-8-14-11;3*13-11(7-4-8-12-9-11)10-5-2-1-3-6-10;1-2-6-9-8(4-1)5-3-7-10-9;6-5(7)1-4(9)2-8-3-5;6-5(7)2-1-3-8-4-5;6-5-2-1-3-7-4-5/h1-4,12,16H,5-10H2,(H,17,18);1-2,5,7,9,11,14H,3-4,6,8H2;3*1-3,5-6,12-13H,4,7-9H2;1-2,4,6,10H,3,5,7H2;4,8-9H,1-3H2;8H,1-4H2;5,7H,1-4H2/t;;2*11-;;;;;/m..10...../s1. The normalized spacial score (nSPS) is 24.9. The number of carbonyl (C=O) groups excluding carboxylic acids is 1. The molecule has 6 aromatic carbocycles. The van der Waals surface area contributed by atoms with Gasteiger partial charge in [0.2, 0.25) is 5.91 Å². The minimum atomic E-state index is -4.64. The number of piperidine rings is 8.